The lowest BCUT2D eigenvalue weighted by molar-refractivity contribution is -0.140. The highest BCUT2D eigenvalue weighted by atomic mass is 32.1. The summed E-state index contributed by atoms with van der Waals surface area (Å²) in [6, 6.07) is 3.97. The molecule has 0 saturated heterocycles. The molecule has 0 fully saturated rings. The summed E-state index contributed by atoms with van der Waals surface area (Å²) >= 11 is 0.967. The quantitative estimate of drug-likeness (QED) is 0.659. The molecule has 0 aliphatic heterocycles. The molecular formula is C15H20F3N5S. The Bertz CT molecular complexity index is 689. The molecule has 0 saturated carbocycles. The van der Waals surface area contributed by atoms with Crippen LogP contribution in [0, 0.1) is 0 Å². The van der Waals surface area contributed by atoms with Crippen LogP contribution in [0.5, 0.6) is 0 Å². The Hall–Kier alpha value is -2.03. The number of rotatable bonds is 5. The van der Waals surface area contributed by atoms with Crippen molar-refractivity contribution in [3.63, 3.8) is 0 Å². The van der Waals surface area contributed by atoms with Crippen molar-refractivity contribution in [3.8, 4) is 0 Å². The number of nitrogens with one attached hydrogen (secondary N) is 1. The fourth-order valence-electron chi connectivity index (χ4n) is 2.10. The Morgan fingerprint density at radius 2 is 2.21 bits per heavy atom. The summed E-state index contributed by atoms with van der Waals surface area (Å²) in [6.45, 7) is 3.36. The number of thiazole rings is 1. The fourth-order valence-corrected chi connectivity index (χ4v) is 2.83. The van der Waals surface area contributed by atoms with Crippen molar-refractivity contribution in [1.29, 1.82) is 0 Å². The Balaban J connectivity index is 2.07. The third-order valence-corrected chi connectivity index (χ3v) is 4.19. The van der Waals surface area contributed by atoms with Crippen LogP contribution in [0.3, 0.4) is 0 Å². The van der Waals surface area contributed by atoms with Crippen LogP contribution in [0.15, 0.2) is 28.7 Å². The number of aromatic nitrogens is 2. The smallest absolute Gasteiger partial charge is 0.357 e. The van der Waals surface area contributed by atoms with Crippen molar-refractivity contribution in [1.82, 2.24) is 19.8 Å². The van der Waals surface area contributed by atoms with Gasteiger partial charge >= 0.3 is 6.18 Å². The van der Waals surface area contributed by atoms with E-state index >= 15 is 0 Å². The third-order valence-electron chi connectivity index (χ3n) is 3.35. The summed E-state index contributed by atoms with van der Waals surface area (Å²) in [4.78, 5) is 9.92. The molecule has 0 atom stereocenters. The van der Waals surface area contributed by atoms with Gasteiger partial charge in [0, 0.05) is 37.9 Å². The van der Waals surface area contributed by atoms with Gasteiger partial charge < -0.3 is 14.8 Å². The van der Waals surface area contributed by atoms with E-state index in [0.29, 0.717) is 24.1 Å². The number of aliphatic imine (C=N–C) groups is 1. The Labute approximate surface area is 142 Å². The molecule has 1 N–H and O–H groups in total. The minimum atomic E-state index is -4.41. The fraction of sp³-hybridized carbons (Fsp3) is 0.467. The molecule has 2 rings (SSSR count). The van der Waals surface area contributed by atoms with Crippen LogP contribution >= 0.6 is 11.3 Å². The number of guanidine groups is 1. The second-order valence-corrected chi connectivity index (χ2v) is 6.20. The Morgan fingerprint density at radius 3 is 2.75 bits per heavy atom. The van der Waals surface area contributed by atoms with Gasteiger partial charge in [-0.3, -0.25) is 0 Å². The van der Waals surface area contributed by atoms with Crippen LogP contribution in [-0.4, -0.2) is 34.0 Å². The van der Waals surface area contributed by atoms with Crippen LogP contribution in [0.25, 0.3) is 0 Å². The summed E-state index contributed by atoms with van der Waals surface area (Å²) in [5.41, 5.74) is 0.247. The minimum absolute atomic E-state index is 0.112. The van der Waals surface area contributed by atoms with Gasteiger partial charge in [0.25, 0.3) is 0 Å². The van der Waals surface area contributed by atoms with Crippen molar-refractivity contribution in [2.24, 2.45) is 12.0 Å². The molecule has 132 valence electrons. The van der Waals surface area contributed by atoms with Gasteiger partial charge in [-0.15, -0.1) is 11.3 Å². The zero-order valence-corrected chi connectivity index (χ0v) is 14.6. The number of hydrogen-bond acceptors (Lipinski definition) is 3. The zero-order chi connectivity index (χ0) is 17.7. The van der Waals surface area contributed by atoms with Crippen LogP contribution in [0.1, 0.15) is 23.3 Å². The average Bonchev–Trinajstić information content (AvgIpc) is 3.13. The number of hydrogen-bond donors (Lipinski definition) is 1. The van der Waals surface area contributed by atoms with Gasteiger partial charge in [-0.1, -0.05) is 0 Å². The number of alkyl halides is 3. The SMILES string of the molecule is CCNC(=NCc1nc(C(F)(F)F)cs1)N(C)Cc1cccn1C. The predicted octanol–water partition coefficient (Wildman–Crippen LogP) is 3.10. The van der Waals surface area contributed by atoms with Gasteiger partial charge in [0.2, 0.25) is 0 Å². The van der Waals surface area contributed by atoms with Crippen LogP contribution < -0.4 is 5.32 Å². The molecule has 0 amide bonds. The van der Waals surface area contributed by atoms with E-state index in [-0.39, 0.29) is 6.54 Å². The third kappa shape index (κ3) is 4.73. The highest BCUT2D eigenvalue weighted by Crippen LogP contribution is 2.30. The highest BCUT2D eigenvalue weighted by molar-refractivity contribution is 7.09. The predicted molar refractivity (Wildman–Crippen MR) is 88.8 cm³/mol. The molecule has 24 heavy (non-hydrogen) atoms. The van der Waals surface area contributed by atoms with E-state index in [4.69, 9.17) is 0 Å². The number of halogens is 3. The zero-order valence-electron chi connectivity index (χ0n) is 13.8. The van der Waals surface area contributed by atoms with Crippen LogP contribution in [-0.2, 0) is 26.3 Å². The highest BCUT2D eigenvalue weighted by Gasteiger charge is 2.33. The van der Waals surface area contributed by atoms with Gasteiger partial charge in [0.05, 0.1) is 13.1 Å². The van der Waals surface area contributed by atoms with E-state index < -0.39 is 11.9 Å². The first-order chi connectivity index (χ1) is 11.3. The molecule has 2 heterocycles. The van der Waals surface area contributed by atoms with Crippen molar-refractivity contribution < 1.29 is 13.2 Å². The average molecular weight is 359 g/mol. The normalized spacial score (nSPS) is 12.5. The molecule has 0 aromatic carbocycles. The molecule has 0 aliphatic rings. The van der Waals surface area contributed by atoms with E-state index in [0.717, 1.165) is 22.4 Å². The van der Waals surface area contributed by atoms with Gasteiger partial charge in [-0.25, -0.2) is 9.98 Å². The van der Waals surface area contributed by atoms with E-state index in [1.165, 1.54) is 0 Å². The molecule has 0 bridgehead atoms. The first-order valence-electron chi connectivity index (χ1n) is 7.42. The molecule has 2 aromatic rings. The molecular weight excluding hydrogens is 339 g/mol. The van der Waals surface area contributed by atoms with E-state index in [9.17, 15) is 13.2 Å². The van der Waals surface area contributed by atoms with Crippen LogP contribution in [0.4, 0.5) is 13.2 Å². The molecule has 2 aromatic heterocycles. The van der Waals surface area contributed by atoms with E-state index in [1.54, 1.807) is 0 Å². The monoisotopic (exact) mass is 359 g/mol. The maximum absolute atomic E-state index is 12.6. The summed E-state index contributed by atoms with van der Waals surface area (Å²) in [6.07, 6.45) is -2.45. The number of aryl methyl sites for hydroxylation is 1. The van der Waals surface area contributed by atoms with Crippen molar-refractivity contribution in [3.05, 3.63) is 40.1 Å². The maximum atomic E-state index is 12.6. The lowest BCUT2D eigenvalue weighted by atomic mass is 10.4. The standard InChI is InChI=1S/C15H20F3N5S/c1-4-19-14(23(3)9-11-6-5-7-22(11)2)20-8-13-21-12(10-24-13)15(16,17)18/h5-7,10H,4,8-9H2,1-3H3,(H,19,20). The molecule has 0 radical (unpaired) electrons. The molecule has 0 spiro atoms. The van der Waals surface area contributed by atoms with Gasteiger partial charge in [-0.2, -0.15) is 13.2 Å². The second-order valence-electron chi connectivity index (χ2n) is 5.26. The van der Waals surface area contributed by atoms with Gasteiger partial charge in [0.1, 0.15) is 5.01 Å². The Kier molecular flexibility index (Phi) is 5.87. The second kappa shape index (κ2) is 7.69. The molecule has 9 heteroatoms. The summed E-state index contributed by atoms with van der Waals surface area (Å²) in [5.74, 6) is 0.627. The van der Waals surface area contributed by atoms with Crippen molar-refractivity contribution in [2.45, 2.75) is 26.2 Å². The molecule has 0 aliphatic carbocycles. The van der Waals surface area contributed by atoms with E-state index in [1.807, 2.05) is 48.8 Å². The Morgan fingerprint density at radius 1 is 1.46 bits per heavy atom. The van der Waals surface area contributed by atoms with Crippen LogP contribution in [0.2, 0.25) is 0 Å². The lowest BCUT2D eigenvalue weighted by Gasteiger charge is -2.22. The molecule has 5 nitrogen and oxygen atoms in total. The van der Waals surface area contributed by atoms with E-state index in [2.05, 4.69) is 15.3 Å². The first-order valence-corrected chi connectivity index (χ1v) is 8.30. The molecule has 0 unspecified atom stereocenters. The minimum Gasteiger partial charge on any atom is -0.357 e. The topological polar surface area (TPSA) is 45.5 Å². The van der Waals surface area contributed by atoms with Crippen molar-refractivity contribution >= 4 is 17.3 Å². The lowest BCUT2D eigenvalue weighted by Crippen LogP contribution is -2.38. The summed E-state index contributed by atoms with van der Waals surface area (Å²) in [7, 11) is 3.85. The van der Waals surface area contributed by atoms with Crippen molar-refractivity contribution in [2.75, 3.05) is 13.6 Å². The largest absolute Gasteiger partial charge is 0.434 e. The van der Waals surface area contributed by atoms with Gasteiger partial charge in [0.15, 0.2) is 11.7 Å². The first kappa shape index (κ1) is 18.3. The van der Waals surface area contributed by atoms with Gasteiger partial charge in [-0.05, 0) is 19.1 Å². The maximum Gasteiger partial charge on any atom is 0.434 e. The number of nitrogens with zero attached hydrogens (tertiary/aromatic N) is 4. The summed E-state index contributed by atoms with van der Waals surface area (Å²) in [5, 5.41) is 4.50. The summed E-state index contributed by atoms with van der Waals surface area (Å²) < 4.78 is 39.8.